The van der Waals surface area contributed by atoms with Crippen LogP contribution in [-0.2, 0) is 20.4 Å². The van der Waals surface area contributed by atoms with E-state index in [0.29, 0.717) is 28.4 Å². The first kappa shape index (κ1) is 31.4. The predicted octanol–water partition coefficient (Wildman–Crippen LogP) is 7.30. The number of hydrogen-bond donors (Lipinski definition) is 2. The molecule has 0 saturated carbocycles. The molecule has 0 saturated heterocycles. The SMILES string of the molecule is CCC(C)(C)c1ccc(OCC(=O)Nc2ccc(C(=O)CC(=O)Nc3cccc(OC)c3)cc2)c(C(C)(C)CC)c1. The molecule has 0 heterocycles. The molecular weight excluding hydrogens is 516 g/mol. The van der Waals surface area contributed by atoms with Crippen LogP contribution in [0.5, 0.6) is 11.5 Å². The predicted molar refractivity (Wildman–Crippen MR) is 164 cm³/mol. The summed E-state index contributed by atoms with van der Waals surface area (Å²) in [6.07, 6.45) is 1.64. The molecule has 0 atom stereocenters. The Kier molecular flexibility index (Phi) is 10.3. The Morgan fingerprint density at radius 1 is 0.756 bits per heavy atom. The van der Waals surface area contributed by atoms with Gasteiger partial charge in [-0.15, -0.1) is 0 Å². The Labute approximate surface area is 243 Å². The van der Waals surface area contributed by atoms with Crippen molar-refractivity contribution in [2.24, 2.45) is 0 Å². The molecule has 0 aliphatic heterocycles. The molecule has 218 valence electrons. The van der Waals surface area contributed by atoms with Crippen LogP contribution in [0.1, 0.15) is 82.3 Å². The fourth-order valence-electron chi connectivity index (χ4n) is 4.23. The Morgan fingerprint density at radius 2 is 1.41 bits per heavy atom. The number of Topliss-reactive ketones (excluding diaryl/α,β-unsaturated/α-hetero) is 1. The van der Waals surface area contributed by atoms with Gasteiger partial charge in [0, 0.05) is 28.6 Å². The van der Waals surface area contributed by atoms with Crippen molar-refractivity contribution in [1.29, 1.82) is 0 Å². The molecule has 0 spiro atoms. The van der Waals surface area contributed by atoms with E-state index in [9.17, 15) is 14.4 Å². The number of carbonyl (C=O) groups excluding carboxylic acids is 3. The van der Waals surface area contributed by atoms with Crippen molar-refractivity contribution in [1.82, 2.24) is 0 Å². The Morgan fingerprint density at radius 3 is 2.05 bits per heavy atom. The first-order chi connectivity index (χ1) is 19.4. The van der Waals surface area contributed by atoms with E-state index in [2.05, 4.69) is 64.3 Å². The Hall–Kier alpha value is -4.13. The van der Waals surface area contributed by atoms with Crippen LogP contribution in [0.2, 0.25) is 0 Å². The molecule has 0 bridgehead atoms. The minimum Gasteiger partial charge on any atom is -0.497 e. The molecule has 0 radical (unpaired) electrons. The number of carbonyl (C=O) groups is 3. The van der Waals surface area contributed by atoms with Crippen LogP contribution >= 0.6 is 0 Å². The molecule has 3 aromatic carbocycles. The number of benzene rings is 3. The average Bonchev–Trinajstić information content (AvgIpc) is 2.96. The summed E-state index contributed by atoms with van der Waals surface area (Å²) in [7, 11) is 1.54. The highest BCUT2D eigenvalue weighted by atomic mass is 16.5. The lowest BCUT2D eigenvalue weighted by atomic mass is 9.76. The molecule has 0 aliphatic rings. The van der Waals surface area contributed by atoms with Crippen molar-refractivity contribution < 1.29 is 23.9 Å². The lowest BCUT2D eigenvalue weighted by Gasteiger charge is -2.30. The fourth-order valence-corrected chi connectivity index (χ4v) is 4.23. The molecule has 7 nitrogen and oxygen atoms in total. The van der Waals surface area contributed by atoms with E-state index in [4.69, 9.17) is 9.47 Å². The van der Waals surface area contributed by atoms with Crippen molar-refractivity contribution in [3.63, 3.8) is 0 Å². The van der Waals surface area contributed by atoms with Crippen molar-refractivity contribution in [3.05, 3.63) is 83.4 Å². The summed E-state index contributed by atoms with van der Waals surface area (Å²) in [6, 6.07) is 19.6. The van der Waals surface area contributed by atoms with Crippen LogP contribution in [0.25, 0.3) is 0 Å². The lowest BCUT2D eigenvalue weighted by molar-refractivity contribution is -0.118. The topological polar surface area (TPSA) is 93.7 Å². The second-order valence-corrected chi connectivity index (χ2v) is 11.5. The first-order valence-corrected chi connectivity index (χ1v) is 14.0. The molecule has 41 heavy (non-hydrogen) atoms. The number of ketones is 1. The minimum atomic E-state index is -0.422. The van der Waals surface area contributed by atoms with Crippen LogP contribution in [0.4, 0.5) is 11.4 Å². The van der Waals surface area contributed by atoms with Gasteiger partial charge in [-0.2, -0.15) is 0 Å². The maximum absolute atomic E-state index is 12.7. The van der Waals surface area contributed by atoms with E-state index < -0.39 is 5.91 Å². The number of ether oxygens (including phenoxy) is 2. The van der Waals surface area contributed by atoms with Crippen molar-refractivity contribution >= 4 is 29.0 Å². The number of hydrogen-bond acceptors (Lipinski definition) is 5. The second-order valence-electron chi connectivity index (χ2n) is 11.5. The second kappa shape index (κ2) is 13.5. The van der Waals surface area contributed by atoms with Gasteiger partial charge < -0.3 is 20.1 Å². The quantitative estimate of drug-likeness (QED) is 0.170. The fraction of sp³-hybridized carbons (Fsp3) is 0.382. The largest absolute Gasteiger partial charge is 0.497 e. The van der Waals surface area contributed by atoms with E-state index in [1.54, 1.807) is 55.6 Å². The smallest absolute Gasteiger partial charge is 0.262 e. The lowest BCUT2D eigenvalue weighted by Crippen LogP contribution is -2.24. The van der Waals surface area contributed by atoms with E-state index in [0.717, 1.165) is 18.4 Å². The highest BCUT2D eigenvalue weighted by Crippen LogP contribution is 2.38. The summed E-state index contributed by atoms with van der Waals surface area (Å²) in [5.41, 5.74) is 3.73. The zero-order chi connectivity index (χ0) is 30.2. The third-order valence-corrected chi connectivity index (χ3v) is 7.78. The van der Waals surface area contributed by atoms with E-state index >= 15 is 0 Å². The maximum atomic E-state index is 12.7. The average molecular weight is 559 g/mol. The summed E-state index contributed by atoms with van der Waals surface area (Å²) >= 11 is 0. The van der Waals surface area contributed by atoms with Gasteiger partial charge in [0.25, 0.3) is 5.91 Å². The zero-order valence-corrected chi connectivity index (χ0v) is 25.2. The van der Waals surface area contributed by atoms with Crippen molar-refractivity contribution in [2.75, 3.05) is 24.4 Å². The zero-order valence-electron chi connectivity index (χ0n) is 25.2. The summed E-state index contributed by atoms with van der Waals surface area (Å²) in [6.45, 7) is 13.0. The van der Waals surface area contributed by atoms with Gasteiger partial charge in [-0.25, -0.2) is 0 Å². The molecule has 0 aliphatic carbocycles. The van der Waals surface area contributed by atoms with E-state index in [1.165, 1.54) is 5.56 Å². The minimum absolute atomic E-state index is 0.0435. The number of rotatable bonds is 13. The molecule has 2 amide bonds. The van der Waals surface area contributed by atoms with Crippen molar-refractivity contribution in [2.45, 2.75) is 71.6 Å². The number of methoxy groups -OCH3 is 1. The Bertz CT molecular complexity index is 1380. The normalized spacial score (nSPS) is 11.5. The first-order valence-electron chi connectivity index (χ1n) is 14.0. The molecule has 0 aromatic heterocycles. The highest BCUT2D eigenvalue weighted by Gasteiger charge is 2.27. The molecular formula is C34H42N2O5. The van der Waals surface area contributed by atoms with Gasteiger partial charge in [-0.05, 0) is 71.7 Å². The van der Waals surface area contributed by atoms with Gasteiger partial charge in [0.05, 0.1) is 13.5 Å². The third-order valence-electron chi connectivity index (χ3n) is 7.78. The summed E-state index contributed by atoms with van der Waals surface area (Å²) in [4.78, 5) is 37.7. The van der Waals surface area contributed by atoms with Gasteiger partial charge in [-0.3, -0.25) is 14.4 Å². The van der Waals surface area contributed by atoms with Gasteiger partial charge in [0.2, 0.25) is 5.91 Å². The Balaban J connectivity index is 1.59. The standard InChI is InChI=1S/C34H42N2O5/c1-8-33(3,4)24-15-18-30(28(19-24)34(5,6)9-2)41-22-32(39)35-25-16-13-23(14-17-25)29(37)21-31(38)36-26-11-10-12-27(20-26)40-7/h10-20H,8-9,21-22H2,1-7H3,(H,35,39)(H,36,38). The molecule has 7 heteroatoms. The molecule has 3 rings (SSSR count). The number of anilines is 2. The van der Waals surface area contributed by atoms with Crippen LogP contribution in [0.15, 0.2) is 66.7 Å². The van der Waals surface area contributed by atoms with Gasteiger partial charge in [0.15, 0.2) is 12.4 Å². The molecule has 3 aromatic rings. The van der Waals surface area contributed by atoms with E-state index in [1.807, 2.05) is 6.07 Å². The number of amides is 2. The van der Waals surface area contributed by atoms with Gasteiger partial charge in [0.1, 0.15) is 11.5 Å². The van der Waals surface area contributed by atoms with Crippen LogP contribution < -0.4 is 20.1 Å². The highest BCUT2D eigenvalue weighted by molar-refractivity contribution is 6.11. The molecule has 0 fully saturated rings. The summed E-state index contributed by atoms with van der Waals surface area (Å²) < 4.78 is 11.2. The maximum Gasteiger partial charge on any atom is 0.262 e. The molecule has 0 unspecified atom stereocenters. The van der Waals surface area contributed by atoms with Gasteiger partial charge >= 0.3 is 0 Å². The van der Waals surface area contributed by atoms with Crippen LogP contribution in [-0.4, -0.2) is 31.3 Å². The van der Waals surface area contributed by atoms with Crippen LogP contribution in [0, 0.1) is 0 Å². The number of nitrogens with one attached hydrogen (secondary N) is 2. The third kappa shape index (κ3) is 8.43. The molecule has 2 N–H and O–H groups in total. The van der Waals surface area contributed by atoms with E-state index in [-0.39, 0.29) is 35.5 Å². The van der Waals surface area contributed by atoms with Crippen molar-refractivity contribution in [3.8, 4) is 11.5 Å². The monoisotopic (exact) mass is 558 g/mol. The summed E-state index contributed by atoms with van der Waals surface area (Å²) in [5.74, 6) is 0.258. The van der Waals surface area contributed by atoms with Crippen LogP contribution in [0.3, 0.4) is 0 Å². The summed E-state index contributed by atoms with van der Waals surface area (Å²) in [5, 5.41) is 5.51. The van der Waals surface area contributed by atoms with Gasteiger partial charge in [-0.1, -0.05) is 59.7 Å².